The molecule has 0 aromatic heterocycles. The van der Waals surface area contributed by atoms with Gasteiger partial charge < -0.3 is 9.80 Å². The summed E-state index contributed by atoms with van der Waals surface area (Å²) in [6, 6.07) is 19.4. The maximum absolute atomic E-state index is 13.1. The summed E-state index contributed by atoms with van der Waals surface area (Å²) >= 11 is 0. The molecule has 1 amide bonds. The molecule has 0 N–H and O–H groups in total. The fourth-order valence-electron chi connectivity index (χ4n) is 4.16. The van der Waals surface area contributed by atoms with Crippen molar-refractivity contribution in [3.8, 4) is 11.1 Å². The van der Waals surface area contributed by atoms with E-state index >= 15 is 0 Å². The second-order valence-electron chi connectivity index (χ2n) is 7.39. The number of hydrogen-bond donors (Lipinski definition) is 0. The standard InChI is InChI=1S/C24H19FN2O2/c25-17-6-8-18(9-7-17)26-11-13-27(14-12-26)24(29)16-5-10-20-19-3-1-2-4-21(19)23(28)22(20)15-16/h1-10,15H,11-14H2. The predicted octanol–water partition coefficient (Wildman–Crippen LogP) is 4.00. The van der Waals surface area contributed by atoms with Gasteiger partial charge in [-0.15, -0.1) is 0 Å². The van der Waals surface area contributed by atoms with Gasteiger partial charge in [-0.25, -0.2) is 4.39 Å². The molecule has 1 aliphatic heterocycles. The first kappa shape index (κ1) is 17.6. The van der Waals surface area contributed by atoms with Gasteiger partial charge in [0.25, 0.3) is 5.91 Å². The first-order valence-corrected chi connectivity index (χ1v) is 9.70. The number of rotatable bonds is 2. The zero-order chi connectivity index (χ0) is 20.0. The van der Waals surface area contributed by atoms with E-state index in [2.05, 4.69) is 4.90 Å². The smallest absolute Gasteiger partial charge is 0.253 e. The predicted molar refractivity (Wildman–Crippen MR) is 110 cm³/mol. The number of carbonyl (C=O) groups is 2. The SMILES string of the molecule is O=C1c2ccccc2-c2ccc(C(=O)N3CCN(c4ccc(F)cc4)CC3)cc21. The third kappa shape index (κ3) is 2.99. The molecule has 3 aromatic rings. The normalized spacial score (nSPS) is 15.3. The minimum Gasteiger partial charge on any atom is -0.368 e. The van der Waals surface area contributed by atoms with Gasteiger partial charge in [0.15, 0.2) is 5.78 Å². The van der Waals surface area contributed by atoms with Crippen molar-refractivity contribution in [2.24, 2.45) is 0 Å². The number of amides is 1. The van der Waals surface area contributed by atoms with E-state index in [4.69, 9.17) is 0 Å². The molecule has 0 unspecified atom stereocenters. The van der Waals surface area contributed by atoms with E-state index in [1.54, 1.807) is 18.2 Å². The van der Waals surface area contributed by atoms with Crippen LogP contribution in [0.2, 0.25) is 0 Å². The number of anilines is 1. The van der Waals surface area contributed by atoms with Crippen molar-refractivity contribution < 1.29 is 14.0 Å². The van der Waals surface area contributed by atoms with E-state index in [9.17, 15) is 14.0 Å². The molecule has 1 aliphatic carbocycles. The average Bonchev–Trinajstić information content (AvgIpc) is 3.06. The number of fused-ring (bicyclic) bond motifs is 3. The van der Waals surface area contributed by atoms with Crippen molar-refractivity contribution in [3.05, 3.63) is 89.2 Å². The van der Waals surface area contributed by atoms with E-state index < -0.39 is 0 Å². The molecular weight excluding hydrogens is 367 g/mol. The van der Waals surface area contributed by atoms with Crippen molar-refractivity contribution in [2.75, 3.05) is 31.1 Å². The van der Waals surface area contributed by atoms with Crippen LogP contribution in [-0.4, -0.2) is 42.8 Å². The number of piperazine rings is 1. The lowest BCUT2D eigenvalue weighted by atomic mass is 10.0. The summed E-state index contributed by atoms with van der Waals surface area (Å²) in [5.41, 5.74) is 4.62. The molecule has 2 aliphatic rings. The van der Waals surface area contributed by atoms with Crippen molar-refractivity contribution >= 4 is 17.4 Å². The highest BCUT2D eigenvalue weighted by atomic mass is 19.1. The van der Waals surface area contributed by atoms with Crippen LogP contribution in [0.5, 0.6) is 0 Å². The molecule has 0 bridgehead atoms. The van der Waals surface area contributed by atoms with Crippen LogP contribution in [0.4, 0.5) is 10.1 Å². The van der Waals surface area contributed by atoms with Crippen LogP contribution in [0.3, 0.4) is 0 Å². The molecule has 5 rings (SSSR count). The Bertz CT molecular complexity index is 1120. The van der Waals surface area contributed by atoms with E-state index in [-0.39, 0.29) is 17.5 Å². The highest BCUT2D eigenvalue weighted by Crippen LogP contribution is 2.36. The van der Waals surface area contributed by atoms with Crippen LogP contribution in [0, 0.1) is 5.82 Å². The number of nitrogens with zero attached hydrogens (tertiary/aromatic N) is 2. The van der Waals surface area contributed by atoms with Crippen molar-refractivity contribution in [1.29, 1.82) is 0 Å². The molecular formula is C24H19FN2O2. The first-order chi connectivity index (χ1) is 14.1. The summed E-state index contributed by atoms with van der Waals surface area (Å²) < 4.78 is 13.1. The number of ketones is 1. The van der Waals surface area contributed by atoms with Gasteiger partial charge in [-0.3, -0.25) is 9.59 Å². The van der Waals surface area contributed by atoms with Crippen LogP contribution >= 0.6 is 0 Å². The number of hydrogen-bond acceptors (Lipinski definition) is 3. The fraction of sp³-hybridized carbons (Fsp3) is 0.167. The fourth-order valence-corrected chi connectivity index (χ4v) is 4.16. The van der Waals surface area contributed by atoms with Gasteiger partial charge in [-0.05, 0) is 47.5 Å². The Labute approximate surface area is 168 Å². The lowest BCUT2D eigenvalue weighted by Gasteiger charge is -2.36. The van der Waals surface area contributed by atoms with Crippen molar-refractivity contribution in [2.45, 2.75) is 0 Å². The summed E-state index contributed by atoms with van der Waals surface area (Å²) in [5, 5.41) is 0. The molecule has 0 radical (unpaired) electrons. The summed E-state index contributed by atoms with van der Waals surface area (Å²) in [6.45, 7) is 2.54. The zero-order valence-corrected chi connectivity index (χ0v) is 15.8. The van der Waals surface area contributed by atoms with Gasteiger partial charge >= 0.3 is 0 Å². The molecule has 5 heteroatoms. The largest absolute Gasteiger partial charge is 0.368 e. The van der Waals surface area contributed by atoms with Gasteiger partial charge in [0.1, 0.15) is 5.82 Å². The molecule has 0 spiro atoms. The second-order valence-corrected chi connectivity index (χ2v) is 7.39. The van der Waals surface area contributed by atoms with Gasteiger partial charge in [0.2, 0.25) is 0 Å². The zero-order valence-electron chi connectivity index (χ0n) is 15.8. The Morgan fingerprint density at radius 2 is 1.41 bits per heavy atom. The lowest BCUT2D eigenvalue weighted by Crippen LogP contribution is -2.48. The molecule has 29 heavy (non-hydrogen) atoms. The summed E-state index contributed by atoms with van der Waals surface area (Å²) in [7, 11) is 0. The van der Waals surface area contributed by atoms with Crippen LogP contribution < -0.4 is 4.90 Å². The minimum absolute atomic E-state index is 0.0219. The van der Waals surface area contributed by atoms with Gasteiger partial charge in [0, 0.05) is 48.6 Å². The Balaban J connectivity index is 1.32. The minimum atomic E-state index is -0.254. The highest BCUT2D eigenvalue weighted by Gasteiger charge is 2.28. The first-order valence-electron chi connectivity index (χ1n) is 9.70. The maximum atomic E-state index is 13.1. The second kappa shape index (κ2) is 6.85. The Hall–Kier alpha value is -3.47. The number of carbonyl (C=O) groups excluding carboxylic acids is 2. The van der Waals surface area contributed by atoms with E-state index in [0.717, 1.165) is 16.8 Å². The summed E-state index contributed by atoms with van der Waals surface area (Å²) in [5.74, 6) is -0.336. The summed E-state index contributed by atoms with van der Waals surface area (Å²) in [6.07, 6.45) is 0. The Kier molecular flexibility index (Phi) is 4.16. The monoisotopic (exact) mass is 386 g/mol. The Morgan fingerprint density at radius 1 is 0.759 bits per heavy atom. The molecule has 0 atom stereocenters. The molecule has 0 saturated carbocycles. The van der Waals surface area contributed by atoms with Crippen LogP contribution in [0.15, 0.2) is 66.7 Å². The van der Waals surface area contributed by atoms with Gasteiger partial charge in [-0.1, -0.05) is 30.3 Å². The molecule has 1 heterocycles. The molecule has 144 valence electrons. The molecule has 1 fully saturated rings. The van der Waals surface area contributed by atoms with Gasteiger partial charge in [0.05, 0.1) is 0 Å². The lowest BCUT2D eigenvalue weighted by molar-refractivity contribution is 0.0747. The van der Waals surface area contributed by atoms with Crippen molar-refractivity contribution in [3.63, 3.8) is 0 Å². The highest BCUT2D eigenvalue weighted by molar-refractivity contribution is 6.22. The van der Waals surface area contributed by atoms with Crippen LogP contribution in [0.25, 0.3) is 11.1 Å². The van der Waals surface area contributed by atoms with E-state index in [1.807, 2.05) is 41.3 Å². The third-order valence-electron chi connectivity index (χ3n) is 5.73. The average molecular weight is 386 g/mol. The topological polar surface area (TPSA) is 40.6 Å². The third-order valence-corrected chi connectivity index (χ3v) is 5.73. The Morgan fingerprint density at radius 3 is 2.14 bits per heavy atom. The van der Waals surface area contributed by atoms with Gasteiger partial charge in [-0.2, -0.15) is 0 Å². The maximum Gasteiger partial charge on any atom is 0.253 e. The quantitative estimate of drug-likeness (QED) is 0.523. The van der Waals surface area contributed by atoms with Crippen molar-refractivity contribution in [1.82, 2.24) is 4.90 Å². The summed E-state index contributed by atoms with van der Waals surface area (Å²) in [4.78, 5) is 29.7. The molecule has 3 aromatic carbocycles. The molecule has 1 saturated heterocycles. The number of benzene rings is 3. The van der Waals surface area contributed by atoms with E-state index in [0.29, 0.717) is 42.9 Å². The number of halogens is 1. The van der Waals surface area contributed by atoms with E-state index in [1.165, 1.54) is 12.1 Å². The molecule has 4 nitrogen and oxygen atoms in total. The van der Waals surface area contributed by atoms with Crippen LogP contribution in [-0.2, 0) is 0 Å². The van der Waals surface area contributed by atoms with Crippen LogP contribution in [0.1, 0.15) is 26.3 Å².